The van der Waals surface area contributed by atoms with Crippen LogP contribution < -0.4 is 9.80 Å². The van der Waals surface area contributed by atoms with Gasteiger partial charge in [-0.15, -0.1) is 0 Å². The number of carbonyl (C=O) groups is 1. The zero-order chi connectivity index (χ0) is 19.8. The van der Waals surface area contributed by atoms with Gasteiger partial charge in [-0.2, -0.15) is 0 Å². The van der Waals surface area contributed by atoms with Crippen molar-refractivity contribution in [3.63, 3.8) is 0 Å². The van der Waals surface area contributed by atoms with E-state index in [1.54, 1.807) is 11.8 Å². The third-order valence-corrected chi connectivity index (χ3v) is 6.42. The molecule has 0 atom stereocenters. The molecule has 0 aromatic heterocycles. The van der Waals surface area contributed by atoms with Gasteiger partial charge in [-0.25, -0.2) is 0 Å². The Hall–Kier alpha value is -2.91. The number of benzene rings is 3. The monoisotopic (exact) mass is 383 g/mol. The zero-order valence-corrected chi connectivity index (χ0v) is 16.9. The van der Waals surface area contributed by atoms with E-state index in [1.165, 1.54) is 33.5 Å². The molecule has 5 rings (SSSR count). The molecular formula is C26H27N2O+. The van der Waals surface area contributed by atoms with Crippen molar-refractivity contribution in [2.45, 2.75) is 19.9 Å². The first-order valence-corrected chi connectivity index (χ1v) is 10.6. The third kappa shape index (κ3) is 3.58. The average molecular weight is 384 g/mol. The highest BCUT2D eigenvalue weighted by molar-refractivity contribution is 5.94. The van der Waals surface area contributed by atoms with Crippen LogP contribution in [-0.4, -0.2) is 32.0 Å². The number of quaternary nitrogens is 1. The predicted octanol–water partition coefficient (Wildman–Crippen LogP) is 3.37. The molecule has 2 aliphatic rings. The maximum absolute atomic E-state index is 11.5. The Morgan fingerprint density at radius 1 is 0.897 bits per heavy atom. The molecule has 3 aromatic carbocycles. The van der Waals surface area contributed by atoms with Gasteiger partial charge in [0, 0.05) is 16.8 Å². The summed E-state index contributed by atoms with van der Waals surface area (Å²) in [4.78, 5) is 15.6. The molecule has 0 unspecified atom stereocenters. The van der Waals surface area contributed by atoms with Gasteiger partial charge in [0.25, 0.3) is 0 Å². The molecule has 1 fully saturated rings. The van der Waals surface area contributed by atoms with E-state index in [9.17, 15) is 4.79 Å². The molecule has 3 nitrogen and oxygen atoms in total. The molecular weight excluding hydrogens is 356 g/mol. The molecule has 0 amide bonds. The maximum Gasteiger partial charge on any atom is 0.159 e. The van der Waals surface area contributed by atoms with Crippen LogP contribution in [0.5, 0.6) is 0 Å². The molecule has 0 saturated carbocycles. The molecule has 146 valence electrons. The fourth-order valence-corrected chi connectivity index (χ4v) is 4.76. The molecule has 1 N–H and O–H groups in total. The number of piperazine rings is 1. The van der Waals surface area contributed by atoms with E-state index < -0.39 is 0 Å². The number of hydrogen-bond donors (Lipinski definition) is 1. The summed E-state index contributed by atoms with van der Waals surface area (Å²) in [6.07, 6.45) is 1.07. The smallest absolute Gasteiger partial charge is 0.159 e. The molecule has 0 radical (unpaired) electrons. The number of nitrogens with zero attached hydrogens (tertiary/aromatic N) is 1. The van der Waals surface area contributed by atoms with Crippen LogP contribution in [0.1, 0.15) is 34.0 Å². The Kier molecular flexibility index (Phi) is 4.69. The summed E-state index contributed by atoms with van der Waals surface area (Å²) in [5, 5.41) is 0. The van der Waals surface area contributed by atoms with Crippen molar-refractivity contribution in [2.75, 3.05) is 31.1 Å². The van der Waals surface area contributed by atoms with Crippen LogP contribution in [0.2, 0.25) is 0 Å². The fourth-order valence-electron chi connectivity index (χ4n) is 4.76. The topological polar surface area (TPSA) is 24.8 Å². The maximum atomic E-state index is 11.5. The van der Waals surface area contributed by atoms with Gasteiger partial charge in [-0.3, -0.25) is 4.79 Å². The van der Waals surface area contributed by atoms with Crippen molar-refractivity contribution in [2.24, 2.45) is 0 Å². The summed E-state index contributed by atoms with van der Waals surface area (Å²) >= 11 is 0. The quantitative estimate of drug-likeness (QED) is 0.547. The van der Waals surface area contributed by atoms with Crippen molar-refractivity contribution in [1.29, 1.82) is 0 Å². The lowest BCUT2D eigenvalue weighted by Crippen LogP contribution is -3.13. The van der Waals surface area contributed by atoms with Gasteiger partial charge in [0.1, 0.15) is 6.54 Å². The number of carbonyl (C=O) groups excluding carboxylic acids is 1. The van der Waals surface area contributed by atoms with Gasteiger partial charge < -0.3 is 9.80 Å². The SMILES string of the molecule is CC(=O)c1ccc(N2CC[NH+](Cc3ccc4c(c3)Cc3ccccc3-4)CC2)cc1. The van der Waals surface area contributed by atoms with Gasteiger partial charge in [-0.05, 0) is 65.9 Å². The van der Waals surface area contributed by atoms with Crippen LogP contribution in [0.3, 0.4) is 0 Å². The first-order chi connectivity index (χ1) is 14.2. The van der Waals surface area contributed by atoms with E-state index >= 15 is 0 Å². The van der Waals surface area contributed by atoms with E-state index in [-0.39, 0.29) is 5.78 Å². The molecule has 1 heterocycles. The van der Waals surface area contributed by atoms with Crippen molar-refractivity contribution in [1.82, 2.24) is 0 Å². The highest BCUT2D eigenvalue weighted by atomic mass is 16.1. The molecule has 3 aromatic rings. The molecule has 0 bridgehead atoms. The Balaban J connectivity index is 1.21. The minimum Gasteiger partial charge on any atom is -0.360 e. The summed E-state index contributed by atoms with van der Waals surface area (Å²) in [6, 6.07) is 23.9. The minimum atomic E-state index is 0.128. The Labute approximate surface area is 172 Å². The van der Waals surface area contributed by atoms with E-state index in [1.807, 2.05) is 12.1 Å². The molecule has 0 spiro atoms. The second-order valence-corrected chi connectivity index (χ2v) is 8.34. The number of Topliss-reactive ketones (excluding diaryl/α,β-unsaturated/α-hetero) is 1. The minimum absolute atomic E-state index is 0.128. The Morgan fingerprint density at radius 3 is 2.38 bits per heavy atom. The van der Waals surface area contributed by atoms with Crippen LogP contribution in [0.25, 0.3) is 11.1 Å². The van der Waals surface area contributed by atoms with Crippen molar-refractivity contribution in [3.8, 4) is 11.1 Å². The number of fused-ring (bicyclic) bond motifs is 3. The number of rotatable bonds is 4. The predicted molar refractivity (Wildman–Crippen MR) is 118 cm³/mol. The lowest BCUT2D eigenvalue weighted by Gasteiger charge is -2.33. The summed E-state index contributed by atoms with van der Waals surface area (Å²) in [6.45, 7) is 7.13. The zero-order valence-electron chi connectivity index (χ0n) is 16.9. The first kappa shape index (κ1) is 18.1. The second kappa shape index (κ2) is 7.49. The summed E-state index contributed by atoms with van der Waals surface area (Å²) in [7, 11) is 0. The lowest BCUT2D eigenvalue weighted by atomic mass is 10.0. The summed E-state index contributed by atoms with van der Waals surface area (Å²) < 4.78 is 0. The van der Waals surface area contributed by atoms with Crippen LogP contribution in [0.4, 0.5) is 5.69 Å². The van der Waals surface area contributed by atoms with E-state index in [0.29, 0.717) is 0 Å². The summed E-state index contributed by atoms with van der Waals surface area (Å²) in [5.74, 6) is 0.128. The van der Waals surface area contributed by atoms with E-state index in [2.05, 4.69) is 59.5 Å². The highest BCUT2D eigenvalue weighted by Gasteiger charge is 2.22. The van der Waals surface area contributed by atoms with E-state index in [4.69, 9.17) is 0 Å². The Morgan fingerprint density at radius 2 is 1.62 bits per heavy atom. The number of nitrogens with one attached hydrogen (secondary N) is 1. The Bertz CT molecular complexity index is 1050. The summed E-state index contributed by atoms with van der Waals surface area (Å²) in [5.41, 5.74) is 9.22. The number of anilines is 1. The van der Waals surface area contributed by atoms with E-state index in [0.717, 1.165) is 44.7 Å². The van der Waals surface area contributed by atoms with Gasteiger partial charge in [-0.1, -0.05) is 36.4 Å². The van der Waals surface area contributed by atoms with Crippen molar-refractivity contribution in [3.05, 3.63) is 89.0 Å². The molecule has 1 saturated heterocycles. The molecule has 1 aliphatic heterocycles. The largest absolute Gasteiger partial charge is 0.360 e. The normalized spacial score (nSPS) is 15.8. The first-order valence-electron chi connectivity index (χ1n) is 10.6. The van der Waals surface area contributed by atoms with Crippen molar-refractivity contribution < 1.29 is 9.69 Å². The highest BCUT2D eigenvalue weighted by Crippen LogP contribution is 2.36. The molecule has 29 heavy (non-hydrogen) atoms. The van der Waals surface area contributed by atoms with Gasteiger partial charge in [0.15, 0.2) is 5.78 Å². The third-order valence-electron chi connectivity index (χ3n) is 6.42. The standard InChI is InChI=1S/C26H26N2O/c1-19(29)21-7-9-24(10-8-21)28-14-12-27(13-15-28)18-20-6-11-26-23(16-20)17-22-4-2-3-5-25(22)26/h2-11,16H,12-15,17-18H2,1H3/p+1. The van der Waals surface area contributed by atoms with Crippen LogP contribution >= 0.6 is 0 Å². The van der Waals surface area contributed by atoms with Crippen LogP contribution in [-0.2, 0) is 13.0 Å². The lowest BCUT2D eigenvalue weighted by molar-refractivity contribution is -0.914. The molecule has 3 heteroatoms. The van der Waals surface area contributed by atoms with Crippen LogP contribution in [0.15, 0.2) is 66.7 Å². The average Bonchev–Trinajstić information content (AvgIpc) is 3.12. The number of ketones is 1. The second-order valence-electron chi connectivity index (χ2n) is 8.34. The van der Waals surface area contributed by atoms with Crippen LogP contribution in [0, 0.1) is 0 Å². The van der Waals surface area contributed by atoms with Gasteiger partial charge in [0.05, 0.1) is 26.2 Å². The van der Waals surface area contributed by atoms with Gasteiger partial charge >= 0.3 is 0 Å². The van der Waals surface area contributed by atoms with Gasteiger partial charge in [0.2, 0.25) is 0 Å². The van der Waals surface area contributed by atoms with Crippen molar-refractivity contribution >= 4 is 11.5 Å². The fraction of sp³-hybridized carbons (Fsp3) is 0.269. The number of hydrogen-bond acceptors (Lipinski definition) is 2. The molecule has 1 aliphatic carbocycles.